The first kappa shape index (κ1) is 23.3. The van der Waals surface area contributed by atoms with Crippen LogP contribution in [0.2, 0.25) is 0 Å². The first-order valence-electron chi connectivity index (χ1n) is 11.4. The zero-order valence-electron chi connectivity index (χ0n) is 19.2. The Kier molecular flexibility index (Phi) is 7.05. The van der Waals surface area contributed by atoms with Gasteiger partial charge in [0.2, 0.25) is 15.9 Å². The van der Waals surface area contributed by atoms with Gasteiger partial charge in [-0.15, -0.1) is 0 Å². The van der Waals surface area contributed by atoms with Crippen LogP contribution in [0, 0.1) is 0 Å². The highest BCUT2D eigenvalue weighted by molar-refractivity contribution is 7.89. The maximum absolute atomic E-state index is 13.1. The van der Waals surface area contributed by atoms with Crippen molar-refractivity contribution in [2.75, 3.05) is 20.2 Å². The Morgan fingerprint density at radius 3 is 2.55 bits per heavy atom. The molecule has 1 aliphatic heterocycles. The molecule has 2 heterocycles. The summed E-state index contributed by atoms with van der Waals surface area (Å²) in [6.45, 7) is 3.39. The van der Waals surface area contributed by atoms with Crippen LogP contribution in [-0.2, 0) is 21.4 Å². The fourth-order valence-electron chi connectivity index (χ4n) is 4.32. The maximum atomic E-state index is 13.1. The number of carbonyl (C=O) groups excluding carboxylic acids is 1. The van der Waals surface area contributed by atoms with Crippen molar-refractivity contribution in [1.82, 2.24) is 14.2 Å². The number of methoxy groups -OCH3 is 1. The number of hydrogen-bond acceptors (Lipinski definition) is 4. The summed E-state index contributed by atoms with van der Waals surface area (Å²) >= 11 is 0. The van der Waals surface area contributed by atoms with Crippen LogP contribution < -0.4 is 10.1 Å². The Morgan fingerprint density at radius 2 is 1.82 bits per heavy atom. The van der Waals surface area contributed by atoms with Gasteiger partial charge in [-0.2, -0.15) is 4.31 Å². The molecule has 1 saturated heterocycles. The molecule has 8 heteroatoms. The lowest BCUT2D eigenvalue weighted by molar-refractivity contribution is -0.123. The summed E-state index contributed by atoms with van der Waals surface area (Å²) in [4.78, 5) is 13.1. The number of ether oxygens (including phenoxy) is 1. The number of rotatable bonds is 7. The van der Waals surface area contributed by atoms with E-state index in [9.17, 15) is 13.2 Å². The molecule has 0 radical (unpaired) electrons. The fourth-order valence-corrected chi connectivity index (χ4v) is 5.87. The predicted octanol–water partition coefficient (Wildman–Crippen LogP) is 4.09. The number of sulfonamides is 1. The van der Waals surface area contributed by atoms with E-state index in [1.165, 1.54) is 0 Å². The van der Waals surface area contributed by atoms with Crippen molar-refractivity contribution < 1.29 is 17.9 Å². The lowest BCUT2D eigenvalue weighted by atomic mass is 10.2. The van der Waals surface area contributed by atoms with Gasteiger partial charge in [0, 0.05) is 36.7 Å². The lowest BCUT2D eigenvalue weighted by Gasteiger charge is -2.20. The molecule has 1 fully saturated rings. The van der Waals surface area contributed by atoms with Crippen LogP contribution in [0.15, 0.2) is 59.6 Å². The average Bonchev–Trinajstić information content (AvgIpc) is 3.05. The van der Waals surface area contributed by atoms with Crippen molar-refractivity contribution in [3.05, 3.63) is 60.3 Å². The highest BCUT2D eigenvalue weighted by atomic mass is 32.2. The largest absolute Gasteiger partial charge is 0.497 e. The van der Waals surface area contributed by atoms with Crippen molar-refractivity contribution in [1.29, 1.82) is 0 Å². The normalized spacial score (nSPS) is 16.3. The number of nitrogens with zero attached hydrogens (tertiary/aromatic N) is 2. The van der Waals surface area contributed by atoms with Gasteiger partial charge in [0.1, 0.15) is 11.8 Å². The summed E-state index contributed by atoms with van der Waals surface area (Å²) < 4.78 is 35.0. The van der Waals surface area contributed by atoms with Crippen molar-refractivity contribution in [3.8, 4) is 5.75 Å². The molecular weight excluding hydrogens is 438 g/mol. The molecule has 1 atom stereocenters. The molecule has 0 saturated carbocycles. The second-order valence-electron chi connectivity index (χ2n) is 8.51. The summed E-state index contributed by atoms with van der Waals surface area (Å²) in [5.41, 5.74) is 1.78. The van der Waals surface area contributed by atoms with E-state index < -0.39 is 16.1 Å². The molecule has 3 aromatic rings. The zero-order chi connectivity index (χ0) is 23.4. The monoisotopic (exact) mass is 469 g/mol. The summed E-state index contributed by atoms with van der Waals surface area (Å²) in [6.07, 6.45) is 5.79. The minimum Gasteiger partial charge on any atom is -0.497 e. The Balaban J connectivity index is 1.49. The smallest absolute Gasteiger partial charge is 0.243 e. The molecule has 176 valence electrons. The van der Waals surface area contributed by atoms with E-state index in [-0.39, 0.29) is 5.91 Å². The van der Waals surface area contributed by atoms with Crippen molar-refractivity contribution in [3.63, 3.8) is 0 Å². The quantitative estimate of drug-likeness (QED) is 0.565. The highest BCUT2D eigenvalue weighted by Crippen LogP contribution is 2.26. The minimum atomic E-state index is -3.51. The van der Waals surface area contributed by atoms with Gasteiger partial charge in [0.25, 0.3) is 0 Å². The summed E-state index contributed by atoms with van der Waals surface area (Å²) in [7, 11) is -1.90. The van der Waals surface area contributed by atoms with Gasteiger partial charge in [-0.05, 0) is 61.7 Å². The number of carbonyl (C=O) groups is 1. The molecule has 1 N–H and O–H groups in total. The third-order valence-corrected chi connectivity index (χ3v) is 8.19. The van der Waals surface area contributed by atoms with Crippen LogP contribution in [0.25, 0.3) is 10.9 Å². The number of aromatic nitrogens is 1. The van der Waals surface area contributed by atoms with E-state index in [1.54, 1.807) is 29.6 Å². The van der Waals surface area contributed by atoms with E-state index in [2.05, 4.69) is 5.32 Å². The standard InChI is InChI=1S/C25H31N3O4S/c1-19(25(29)26-18-20-8-7-9-22(16-20)32-2)28-15-12-21-17-23(10-11-24(21)28)33(30,31)27-13-5-3-4-6-14-27/h7-12,15-17,19H,3-6,13-14,18H2,1-2H3,(H,26,29)/t19-/m0/s1. The van der Waals surface area contributed by atoms with Crippen LogP contribution in [0.5, 0.6) is 5.75 Å². The van der Waals surface area contributed by atoms with Crippen molar-refractivity contribution in [2.45, 2.75) is 50.1 Å². The maximum Gasteiger partial charge on any atom is 0.243 e. The molecule has 0 unspecified atom stereocenters. The van der Waals surface area contributed by atoms with Crippen molar-refractivity contribution >= 4 is 26.8 Å². The van der Waals surface area contributed by atoms with E-state index >= 15 is 0 Å². The van der Waals surface area contributed by atoms with E-state index in [0.717, 1.165) is 47.9 Å². The molecule has 0 bridgehead atoms. The Labute approximate surface area is 195 Å². The summed E-state index contributed by atoms with van der Waals surface area (Å²) in [6, 6.07) is 14.2. The van der Waals surface area contributed by atoms with Gasteiger partial charge >= 0.3 is 0 Å². The molecule has 1 aromatic heterocycles. The van der Waals surface area contributed by atoms with E-state index in [0.29, 0.717) is 24.5 Å². The van der Waals surface area contributed by atoms with Crippen LogP contribution in [0.3, 0.4) is 0 Å². The zero-order valence-corrected chi connectivity index (χ0v) is 20.0. The number of fused-ring (bicyclic) bond motifs is 1. The molecule has 1 aliphatic rings. The third kappa shape index (κ3) is 5.07. The number of amides is 1. The van der Waals surface area contributed by atoms with Gasteiger partial charge in [0.15, 0.2) is 0 Å². The van der Waals surface area contributed by atoms with Crippen LogP contribution in [0.4, 0.5) is 0 Å². The molecule has 0 spiro atoms. The van der Waals surface area contributed by atoms with Gasteiger partial charge < -0.3 is 14.6 Å². The summed E-state index contributed by atoms with van der Waals surface area (Å²) in [5, 5.41) is 3.77. The van der Waals surface area contributed by atoms with E-state index in [1.807, 2.05) is 48.0 Å². The first-order valence-corrected chi connectivity index (χ1v) is 12.9. The predicted molar refractivity (Wildman–Crippen MR) is 129 cm³/mol. The van der Waals surface area contributed by atoms with Gasteiger partial charge in [-0.3, -0.25) is 4.79 Å². The minimum absolute atomic E-state index is 0.114. The second kappa shape index (κ2) is 9.97. The number of nitrogens with one attached hydrogen (secondary N) is 1. The molecule has 4 rings (SSSR count). The van der Waals surface area contributed by atoms with Crippen LogP contribution >= 0.6 is 0 Å². The van der Waals surface area contributed by atoms with Gasteiger partial charge in [-0.1, -0.05) is 25.0 Å². The highest BCUT2D eigenvalue weighted by Gasteiger charge is 2.26. The molecule has 2 aromatic carbocycles. The Morgan fingerprint density at radius 1 is 1.06 bits per heavy atom. The first-order chi connectivity index (χ1) is 15.9. The third-order valence-electron chi connectivity index (χ3n) is 6.29. The number of benzene rings is 2. The molecule has 7 nitrogen and oxygen atoms in total. The van der Waals surface area contributed by atoms with Gasteiger partial charge in [0.05, 0.1) is 12.0 Å². The SMILES string of the molecule is COc1cccc(CNC(=O)[C@H](C)n2ccc3cc(S(=O)(=O)N4CCCCCC4)ccc32)c1. The second-order valence-corrected chi connectivity index (χ2v) is 10.4. The number of hydrogen-bond donors (Lipinski definition) is 1. The van der Waals surface area contributed by atoms with E-state index in [4.69, 9.17) is 4.74 Å². The topological polar surface area (TPSA) is 80.6 Å². The fraction of sp³-hybridized carbons (Fsp3) is 0.400. The molecular formula is C25H31N3O4S. The van der Waals surface area contributed by atoms with Crippen molar-refractivity contribution in [2.24, 2.45) is 0 Å². The van der Waals surface area contributed by atoms with Crippen LogP contribution in [0.1, 0.15) is 44.2 Å². The molecule has 33 heavy (non-hydrogen) atoms. The summed E-state index contributed by atoms with van der Waals surface area (Å²) in [5.74, 6) is 0.633. The molecule has 1 amide bonds. The van der Waals surface area contributed by atoms with Crippen LogP contribution in [-0.4, -0.2) is 43.4 Å². The Hall–Kier alpha value is -2.84. The van der Waals surface area contributed by atoms with Gasteiger partial charge in [-0.25, -0.2) is 8.42 Å². The average molecular weight is 470 g/mol. The Bertz CT molecular complexity index is 1230. The lowest BCUT2D eigenvalue weighted by Crippen LogP contribution is -2.32. The molecule has 0 aliphatic carbocycles.